The van der Waals surface area contributed by atoms with E-state index in [2.05, 4.69) is 38.1 Å². The van der Waals surface area contributed by atoms with Crippen molar-refractivity contribution in [1.82, 2.24) is 4.31 Å². The number of rotatable bonds is 5. The van der Waals surface area contributed by atoms with Crippen molar-refractivity contribution in [3.63, 3.8) is 0 Å². The molecule has 1 aliphatic heterocycles. The minimum absolute atomic E-state index is 0.0195. The Kier molecular flexibility index (Phi) is 4.75. The number of carbonyl (C=O) groups excluding carboxylic acids is 1. The molecular weight excluding hydrogens is 358 g/mol. The van der Waals surface area contributed by atoms with E-state index in [-0.39, 0.29) is 17.0 Å². The van der Waals surface area contributed by atoms with Crippen molar-refractivity contribution in [2.45, 2.75) is 52.4 Å². The molecule has 2 bridgehead atoms. The van der Waals surface area contributed by atoms with Gasteiger partial charge in [-0.05, 0) is 54.9 Å². The fraction of sp³-hybridized carbons (Fsp3) is 0.682. The lowest BCUT2D eigenvalue weighted by Gasteiger charge is -2.39. The maximum atomic E-state index is 13.2. The predicted molar refractivity (Wildman–Crippen MR) is 107 cm³/mol. The van der Waals surface area contributed by atoms with Crippen LogP contribution < -0.4 is 0 Å². The first-order valence-electron chi connectivity index (χ1n) is 10.3. The maximum Gasteiger partial charge on any atom is 0.215 e. The number of nitrogens with zero attached hydrogens (tertiary/aromatic N) is 1. The monoisotopic (exact) mass is 389 g/mol. The Labute approximate surface area is 163 Å². The average molecular weight is 390 g/mol. The van der Waals surface area contributed by atoms with Crippen molar-refractivity contribution >= 4 is 15.8 Å². The summed E-state index contributed by atoms with van der Waals surface area (Å²) in [6.07, 6.45) is 5.14. The van der Waals surface area contributed by atoms with Crippen LogP contribution in [0.3, 0.4) is 0 Å². The fourth-order valence-corrected chi connectivity index (χ4v) is 8.10. The number of benzene rings is 1. The van der Waals surface area contributed by atoms with Crippen LogP contribution in [-0.2, 0) is 21.2 Å². The molecule has 2 aliphatic carbocycles. The SMILES string of the molecule is CC1(C)[C@H]2CC[C@]1(CS(=O)(=O)N1CCC(Cc3ccccc3)CC1)C(=O)C2. The standard InChI is InChI=1S/C22H31NO3S/c1-21(2)19-8-11-22(21,20(24)15-19)16-27(25,26)23-12-9-18(10-13-23)14-17-6-4-3-5-7-17/h3-7,18-19H,8-16H2,1-2H3/t19-,22-/m0/s1. The van der Waals surface area contributed by atoms with E-state index in [0.717, 1.165) is 32.1 Å². The fourth-order valence-electron chi connectivity index (χ4n) is 5.85. The van der Waals surface area contributed by atoms with Crippen LogP contribution in [0.4, 0.5) is 0 Å². The summed E-state index contributed by atoms with van der Waals surface area (Å²) in [5.74, 6) is 1.10. The summed E-state index contributed by atoms with van der Waals surface area (Å²) < 4.78 is 28.1. The molecule has 3 aliphatic rings. The van der Waals surface area contributed by atoms with Crippen molar-refractivity contribution in [2.75, 3.05) is 18.8 Å². The Morgan fingerprint density at radius 3 is 2.30 bits per heavy atom. The van der Waals surface area contributed by atoms with Crippen LogP contribution in [0.2, 0.25) is 0 Å². The number of hydrogen-bond acceptors (Lipinski definition) is 3. The van der Waals surface area contributed by atoms with Crippen LogP contribution in [0.1, 0.15) is 51.5 Å². The van der Waals surface area contributed by atoms with E-state index in [1.165, 1.54) is 5.56 Å². The lowest BCUT2D eigenvalue weighted by molar-refractivity contribution is -0.128. The highest BCUT2D eigenvalue weighted by Gasteiger charge is 2.65. The lowest BCUT2D eigenvalue weighted by Crippen LogP contribution is -2.48. The summed E-state index contributed by atoms with van der Waals surface area (Å²) in [5.41, 5.74) is 0.480. The first-order chi connectivity index (χ1) is 12.7. The second-order valence-corrected chi connectivity index (χ2v) is 11.4. The summed E-state index contributed by atoms with van der Waals surface area (Å²) in [4.78, 5) is 12.7. The zero-order valence-corrected chi connectivity index (χ0v) is 17.3. The van der Waals surface area contributed by atoms with E-state index >= 15 is 0 Å². The van der Waals surface area contributed by atoms with E-state index in [4.69, 9.17) is 0 Å². The van der Waals surface area contributed by atoms with Gasteiger partial charge in [0.15, 0.2) is 0 Å². The average Bonchev–Trinajstić information content (AvgIpc) is 2.97. The van der Waals surface area contributed by atoms with Crippen LogP contribution in [0, 0.1) is 22.7 Å². The third-order valence-electron chi connectivity index (χ3n) is 7.90. The summed E-state index contributed by atoms with van der Waals surface area (Å²) in [6.45, 7) is 5.40. The minimum atomic E-state index is -3.40. The number of fused-ring (bicyclic) bond motifs is 2. The maximum absolute atomic E-state index is 13.2. The molecule has 1 aromatic carbocycles. The molecule has 27 heavy (non-hydrogen) atoms. The Bertz CT molecular complexity index is 809. The molecule has 1 aromatic rings. The summed E-state index contributed by atoms with van der Waals surface area (Å²) in [7, 11) is -3.40. The van der Waals surface area contributed by atoms with Gasteiger partial charge in [-0.25, -0.2) is 12.7 Å². The van der Waals surface area contributed by atoms with Gasteiger partial charge in [-0.15, -0.1) is 0 Å². The molecule has 2 saturated carbocycles. The topological polar surface area (TPSA) is 54.5 Å². The predicted octanol–water partition coefficient (Wildman–Crippen LogP) is 3.67. The third kappa shape index (κ3) is 3.17. The smallest absolute Gasteiger partial charge is 0.215 e. The van der Waals surface area contributed by atoms with Crippen LogP contribution in [-0.4, -0.2) is 37.3 Å². The van der Waals surface area contributed by atoms with Gasteiger partial charge in [0, 0.05) is 24.9 Å². The molecule has 1 saturated heterocycles. The molecule has 0 radical (unpaired) electrons. The highest BCUT2D eigenvalue weighted by molar-refractivity contribution is 7.89. The van der Waals surface area contributed by atoms with Crippen molar-refractivity contribution in [1.29, 1.82) is 0 Å². The Balaban J connectivity index is 1.41. The quantitative estimate of drug-likeness (QED) is 0.772. The normalized spacial score (nSPS) is 31.5. The number of sulfonamides is 1. The van der Waals surface area contributed by atoms with Gasteiger partial charge in [-0.2, -0.15) is 0 Å². The van der Waals surface area contributed by atoms with Gasteiger partial charge in [-0.3, -0.25) is 4.79 Å². The van der Waals surface area contributed by atoms with Crippen LogP contribution >= 0.6 is 0 Å². The van der Waals surface area contributed by atoms with Crippen LogP contribution in [0.15, 0.2) is 30.3 Å². The Hall–Kier alpha value is -1.20. The van der Waals surface area contributed by atoms with Gasteiger partial charge in [0.2, 0.25) is 10.0 Å². The van der Waals surface area contributed by atoms with Gasteiger partial charge >= 0.3 is 0 Å². The second-order valence-electron chi connectivity index (χ2n) is 9.46. The first kappa shape index (κ1) is 19.1. The molecule has 4 nitrogen and oxygen atoms in total. The zero-order chi connectivity index (χ0) is 19.3. The van der Waals surface area contributed by atoms with Crippen LogP contribution in [0.5, 0.6) is 0 Å². The molecule has 0 unspecified atom stereocenters. The summed E-state index contributed by atoms with van der Waals surface area (Å²) in [6, 6.07) is 10.4. The van der Waals surface area contributed by atoms with Gasteiger partial charge in [-0.1, -0.05) is 44.2 Å². The van der Waals surface area contributed by atoms with Gasteiger partial charge in [0.1, 0.15) is 5.78 Å². The minimum Gasteiger partial charge on any atom is -0.299 e. The molecule has 2 atom stereocenters. The number of ketones is 1. The number of Topliss-reactive ketones (excluding diaryl/α,β-unsaturated/α-hetero) is 1. The van der Waals surface area contributed by atoms with Crippen molar-refractivity contribution in [3.8, 4) is 0 Å². The van der Waals surface area contributed by atoms with E-state index in [0.29, 0.717) is 31.3 Å². The Morgan fingerprint density at radius 2 is 1.74 bits per heavy atom. The molecule has 0 N–H and O–H groups in total. The van der Waals surface area contributed by atoms with Gasteiger partial charge < -0.3 is 0 Å². The zero-order valence-electron chi connectivity index (χ0n) is 16.5. The molecule has 5 heteroatoms. The van der Waals surface area contributed by atoms with Gasteiger partial charge in [0.25, 0.3) is 0 Å². The summed E-state index contributed by atoms with van der Waals surface area (Å²) >= 11 is 0. The Morgan fingerprint density at radius 1 is 1.07 bits per heavy atom. The molecule has 148 valence electrons. The number of hydrogen-bond donors (Lipinski definition) is 0. The van der Waals surface area contributed by atoms with Crippen LogP contribution in [0.25, 0.3) is 0 Å². The highest BCUT2D eigenvalue weighted by atomic mass is 32.2. The van der Waals surface area contributed by atoms with Gasteiger partial charge in [0.05, 0.1) is 5.75 Å². The molecular formula is C22H31NO3S. The van der Waals surface area contributed by atoms with E-state index in [1.54, 1.807) is 4.31 Å². The molecule has 1 heterocycles. The number of carbonyl (C=O) groups is 1. The van der Waals surface area contributed by atoms with E-state index < -0.39 is 15.4 Å². The van der Waals surface area contributed by atoms with Crippen molar-refractivity contribution < 1.29 is 13.2 Å². The number of piperidine rings is 1. The molecule has 4 rings (SSSR count). The molecule has 0 amide bonds. The van der Waals surface area contributed by atoms with E-state index in [9.17, 15) is 13.2 Å². The third-order valence-corrected chi connectivity index (χ3v) is 9.91. The largest absolute Gasteiger partial charge is 0.299 e. The molecule has 3 fully saturated rings. The summed E-state index contributed by atoms with van der Waals surface area (Å²) in [5, 5.41) is 0. The lowest BCUT2D eigenvalue weighted by atomic mass is 9.70. The second kappa shape index (κ2) is 6.70. The van der Waals surface area contributed by atoms with Crippen molar-refractivity contribution in [2.24, 2.45) is 22.7 Å². The molecule has 0 aromatic heterocycles. The first-order valence-corrected chi connectivity index (χ1v) is 11.9. The molecule has 0 spiro atoms. The highest BCUT2D eigenvalue weighted by Crippen LogP contribution is 2.64. The van der Waals surface area contributed by atoms with E-state index in [1.807, 2.05) is 6.07 Å². The van der Waals surface area contributed by atoms with Crippen molar-refractivity contribution in [3.05, 3.63) is 35.9 Å².